The highest BCUT2D eigenvalue weighted by atomic mass is 32.2. The third-order valence-electron chi connectivity index (χ3n) is 5.49. The lowest BCUT2D eigenvalue weighted by atomic mass is 10.0. The molecule has 1 amide bonds. The molecule has 0 spiro atoms. The number of carbonyl (C=O) groups is 1. The van der Waals surface area contributed by atoms with Crippen LogP contribution in [0.4, 0.5) is 0 Å². The van der Waals surface area contributed by atoms with Crippen LogP contribution in [0.3, 0.4) is 0 Å². The molecule has 7 heteroatoms. The van der Waals surface area contributed by atoms with E-state index >= 15 is 0 Å². The zero-order chi connectivity index (χ0) is 22.4. The number of amides is 1. The van der Waals surface area contributed by atoms with E-state index in [-0.39, 0.29) is 16.8 Å². The lowest BCUT2D eigenvalue weighted by Gasteiger charge is -2.32. The molecule has 0 aromatic heterocycles. The Morgan fingerprint density at radius 1 is 0.906 bits per heavy atom. The molecule has 1 N–H and O–H groups in total. The monoisotopic (exact) mass is 450 g/mol. The number of benzene rings is 3. The number of nitrogens with one attached hydrogen (secondary N) is 1. The normalized spacial score (nSPS) is 14.8. The van der Waals surface area contributed by atoms with E-state index < -0.39 is 10.0 Å². The molecular weight excluding hydrogens is 424 g/mol. The fraction of sp³-hybridized carbons (Fsp3) is 0.240. The summed E-state index contributed by atoms with van der Waals surface area (Å²) in [6, 6.07) is 25.2. The van der Waals surface area contributed by atoms with Crippen LogP contribution in [-0.4, -0.2) is 38.4 Å². The summed E-state index contributed by atoms with van der Waals surface area (Å²) in [5.74, 6) is 0.574. The second-order valence-corrected chi connectivity index (χ2v) is 9.52. The van der Waals surface area contributed by atoms with Crippen LogP contribution in [0.2, 0.25) is 0 Å². The summed E-state index contributed by atoms with van der Waals surface area (Å²) in [5, 5.41) is 0. The van der Waals surface area contributed by atoms with Crippen molar-refractivity contribution in [2.24, 2.45) is 0 Å². The summed E-state index contributed by atoms with van der Waals surface area (Å²) in [6.07, 6.45) is 1.14. The van der Waals surface area contributed by atoms with Crippen LogP contribution >= 0.6 is 0 Å². The maximum atomic E-state index is 13.0. The predicted molar refractivity (Wildman–Crippen MR) is 123 cm³/mol. The molecule has 3 aromatic carbocycles. The van der Waals surface area contributed by atoms with Crippen LogP contribution < -0.4 is 9.46 Å². The Morgan fingerprint density at radius 2 is 1.56 bits per heavy atom. The summed E-state index contributed by atoms with van der Waals surface area (Å²) >= 11 is 0. The van der Waals surface area contributed by atoms with E-state index in [1.165, 1.54) is 0 Å². The van der Waals surface area contributed by atoms with Crippen molar-refractivity contribution >= 4 is 15.9 Å². The largest absolute Gasteiger partial charge is 0.489 e. The Bertz CT molecular complexity index is 1140. The van der Waals surface area contributed by atoms with Gasteiger partial charge in [0.25, 0.3) is 5.91 Å². The Kier molecular flexibility index (Phi) is 6.87. The first kappa shape index (κ1) is 22.0. The minimum atomic E-state index is -3.55. The predicted octanol–water partition coefficient (Wildman–Crippen LogP) is 3.85. The first-order valence-electron chi connectivity index (χ1n) is 10.6. The average Bonchev–Trinajstić information content (AvgIpc) is 2.84. The van der Waals surface area contributed by atoms with Crippen molar-refractivity contribution in [1.82, 2.24) is 9.62 Å². The SMILES string of the molecule is O=C(c1cccc(OCc2ccccc2)c1)N1CCC(NS(=O)(=O)c2ccccc2)CC1. The maximum absolute atomic E-state index is 13.0. The number of hydrogen-bond acceptors (Lipinski definition) is 4. The van der Waals surface area contributed by atoms with Crippen LogP contribution in [0.25, 0.3) is 0 Å². The number of rotatable bonds is 7. The maximum Gasteiger partial charge on any atom is 0.253 e. The quantitative estimate of drug-likeness (QED) is 0.593. The molecule has 0 atom stereocenters. The Morgan fingerprint density at radius 3 is 2.25 bits per heavy atom. The van der Waals surface area contributed by atoms with Crippen molar-refractivity contribution in [2.75, 3.05) is 13.1 Å². The van der Waals surface area contributed by atoms with Crippen LogP contribution in [0, 0.1) is 0 Å². The van der Waals surface area contributed by atoms with Gasteiger partial charge in [-0.1, -0.05) is 54.6 Å². The molecule has 1 aliphatic rings. The molecule has 32 heavy (non-hydrogen) atoms. The number of ether oxygens (including phenoxy) is 1. The van der Waals surface area contributed by atoms with E-state index in [1.54, 1.807) is 47.4 Å². The van der Waals surface area contributed by atoms with Crippen molar-refractivity contribution in [3.05, 3.63) is 96.1 Å². The van der Waals surface area contributed by atoms with E-state index in [2.05, 4.69) is 4.72 Å². The van der Waals surface area contributed by atoms with Crippen LogP contribution in [0.1, 0.15) is 28.8 Å². The van der Waals surface area contributed by atoms with Crippen molar-refractivity contribution in [2.45, 2.75) is 30.4 Å². The van der Waals surface area contributed by atoms with Gasteiger partial charge in [0.05, 0.1) is 4.90 Å². The number of carbonyl (C=O) groups excluding carboxylic acids is 1. The lowest BCUT2D eigenvalue weighted by molar-refractivity contribution is 0.0711. The molecule has 1 fully saturated rings. The molecule has 0 saturated carbocycles. The number of hydrogen-bond donors (Lipinski definition) is 1. The van der Waals surface area contributed by atoms with Gasteiger partial charge in [-0.25, -0.2) is 13.1 Å². The number of likely N-dealkylation sites (tertiary alicyclic amines) is 1. The van der Waals surface area contributed by atoms with Gasteiger partial charge in [-0.2, -0.15) is 0 Å². The van der Waals surface area contributed by atoms with Gasteiger partial charge in [-0.05, 0) is 48.7 Å². The Hall–Kier alpha value is -3.16. The molecule has 3 aromatic rings. The summed E-state index contributed by atoms with van der Waals surface area (Å²) in [6.45, 7) is 1.43. The van der Waals surface area contributed by atoms with Gasteiger partial charge < -0.3 is 9.64 Å². The third kappa shape index (κ3) is 5.55. The zero-order valence-electron chi connectivity index (χ0n) is 17.7. The molecule has 166 valence electrons. The van der Waals surface area contributed by atoms with E-state index in [0.29, 0.717) is 43.9 Å². The number of nitrogens with zero attached hydrogens (tertiary/aromatic N) is 1. The van der Waals surface area contributed by atoms with Gasteiger partial charge in [0.15, 0.2) is 0 Å². The molecule has 1 aliphatic heterocycles. The van der Waals surface area contributed by atoms with Crippen LogP contribution in [0.15, 0.2) is 89.8 Å². The fourth-order valence-electron chi connectivity index (χ4n) is 3.73. The molecule has 1 saturated heterocycles. The molecule has 6 nitrogen and oxygen atoms in total. The number of piperidine rings is 1. The Balaban J connectivity index is 1.32. The lowest BCUT2D eigenvalue weighted by Crippen LogP contribution is -2.46. The summed E-state index contributed by atoms with van der Waals surface area (Å²) < 4.78 is 33.7. The molecule has 0 unspecified atom stereocenters. The fourth-order valence-corrected chi connectivity index (χ4v) is 5.06. The third-order valence-corrected chi connectivity index (χ3v) is 7.02. The second-order valence-electron chi connectivity index (χ2n) is 7.80. The second kappa shape index (κ2) is 9.97. The van der Waals surface area contributed by atoms with Crippen LogP contribution in [-0.2, 0) is 16.6 Å². The molecule has 0 bridgehead atoms. The zero-order valence-corrected chi connectivity index (χ0v) is 18.5. The van der Waals surface area contributed by atoms with Gasteiger partial charge >= 0.3 is 0 Å². The van der Waals surface area contributed by atoms with Crippen molar-refractivity contribution < 1.29 is 17.9 Å². The molecule has 0 aliphatic carbocycles. The van der Waals surface area contributed by atoms with Gasteiger partial charge in [0.2, 0.25) is 10.0 Å². The van der Waals surface area contributed by atoms with E-state index in [0.717, 1.165) is 5.56 Å². The molecule has 0 radical (unpaired) electrons. The summed E-state index contributed by atoms with van der Waals surface area (Å²) in [7, 11) is -3.55. The van der Waals surface area contributed by atoms with E-state index in [1.807, 2.05) is 42.5 Å². The Labute approximate surface area is 188 Å². The summed E-state index contributed by atoms with van der Waals surface area (Å²) in [5.41, 5.74) is 1.63. The minimum Gasteiger partial charge on any atom is -0.489 e. The smallest absolute Gasteiger partial charge is 0.253 e. The first-order valence-corrected chi connectivity index (χ1v) is 12.1. The van der Waals surface area contributed by atoms with Gasteiger partial charge in [-0.3, -0.25) is 4.79 Å². The standard InChI is InChI=1S/C25H26N2O4S/c28-25(21-10-7-11-23(18-21)31-19-20-8-3-1-4-9-20)27-16-14-22(15-17-27)26-32(29,30)24-12-5-2-6-13-24/h1-13,18,22,26H,14-17,19H2. The molecule has 1 heterocycles. The van der Waals surface area contributed by atoms with Gasteiger partial charge in [0, 0.05) is 24.7 Å². The van der Waals surface area contributed by atoms with Crippen molar-refractivity contribution in [3.63, 3.8) is 0 Å². The molecular formula is C25H26N2O4S. The van der Waals surface area contributed by atoms with E-state index in [9.17, 15) is 13.2 Å². The van der Waals surface area contributed by atoms with Crippen molar-refractivity contribution in [1.29, 1.82) is 0 Å². The van der Waals surface area contributed by atoms with Gasteiger partial charge in [0.1, 0.15) is 12.4 Å². The van der Waals surface area contributed by atoms with E-state index in [4.69, 9.17) is 4.74 Å². The van der Waals surface area contributed by atoms with Crippen molar-refractivity contribution in [3.8, 4) is 5.75 Å². The van der Waals surface area contributed by atoms with Crippen LogP contribution in [0.5, 0.6) is 5.75 Å². The topological polar surface area (TPSA) is 75.7 Å². The highest BCUT2D eigenvalue weighted by Crippen LogP contribution is 2.20. The summed E-state index contributed by atoms with van der Waals surface area (Å²) in [4.78, 5) is 15.0. The highest BCUT2D eigenvalue weighted by molar-refractivity contribution is 7.89. The minimum absolute atomic E-state index is 0.0699. The number of sulfonamides is 1. The average molecular weight is 451 g/mol. The first-order chi connectivity index (χ1) is 15.5. The molecule has 4 rings (SSSR count). The van der Waals surface area contributed by atoms with Gasteiger partial charge in [-0.15, -0.1) is 0 Å². The highest BCUT2D eigenvalue weighted by Gasteiger charge is 2.27.